The van der Waals surface area contributed by atoms with Gasteiger partial charge in [-0.25, -0.2) is 4.39 Å². The molecule has 0 aliphatic carbocycles. The second-order valence-electron chi connectivity index (χ2n) is 5.48. The maximum atomic E-state index is 13.7. The van der Waals surface area contributed by atoms with E-state index in [2.05, 4.69) is 5.32 Å². The van der Waals surface area contributed by atoms with Crippen LogP contribution in [0, 0.1) is 12.7 Å². The van der Waals surface area contributed by atoms with Crippen LogP contribution in [0.1, 0.15) is 5.56 Å². The lowest BCUT2D eigenvalue weighted by Crippen LogP contribution is -2.50. The third-order valence-corrected chi connectivity index (χ3v) is 4.08. The average Bonchev–Trinajstić information content (AvgIpc) is 2.57. The van der Waals surface area contributed by atoms with E-state index in [4.69, 9.17) is 22.7 Å². The summed E-state index contributed by atoms with van der Waals surface area (Å²) in [6.07, 6.45) is -0.811. The van der Waals surface area contributed by atoms with E-state index in [9.17, 15) is 9.18 Å². The zero-order valence-electron chi connectivity index (χ0n) is 13.0. The highest BCUT2D eigenvalue weighted by molar-refractivity contribution is 7.80. The van der Waals surface area contributed by atoms with Gasteiger partial charge in [-0.1, -0.05) is 18.2 Å². The minimum Gasteiger partial charge on any atom is -0.477 e. The van der Waals surface area contributed by atoms with Crippen molar-refractivity contribution in [2.75, 3.05) is 16.8 Å². The largest absolute Gasteiger partial charge is 0.477 e. The van der Waals surface area contributed by atoms with Gasteiger partial charge in [0.1, 0.15) is 11.6 Å². The van der Waals surface area contributed by atoms with Gasteiger partial charge in [0, 0.05) is 5.69 Å². The third kappa shape index (κ3) is 3.16. The molecule has 3 rings (SSSR count). The number of amides is 1. The average molecular weight is 345 g/mol. The van der Waals surface area contributed by atoms with Crippen LogP contribution < -0.4 is 20.7 Å². The van der Waals surface area contributed by atoms with Crippen molar-refractivity contribution in [3.8, 4) is 5.75 Å². The number of para-hydroxylation sites is 2. The Morgan fingerprint density at radius 1 is 1.38 bits per heavy atom. The van der Waals surface area contributed by atoms with Gasteiger partial charge in [-0.3, -0.25) is 4.79 Å². The summed E-state index contributed by atoms with van der Waals surface area (Å²) in [5.74, 6) is -0.370. The molecule has 1 unspecified atom stereocenters. The molecule has 1 aliphatic rings. The number of anilines is 2. The maximum Gasteiger partial charge on any atom is 0.260 e. The predicted octanol–water partition coefficient (Wildman–Crippen LogP) is 2.58. The van der Waals surface area contributed by atoms with Gasteiger partial charge in [0.15, 0.2) is 11.2 Å². The fourth-order valence-electron chi connectivity index (χ4n) is 2.44. The number of thiocarbonyl (C=S) groups is 1. The van der Waals surface area contributed by atoms with Crippen molar-refractivity contribution in [2.24, 2.45) is 5.73 Å². The monoisotopic (exact) mass is 345 g/mol. The summed E-state index contributed by atoms with van der Waals surface area (Å²) in [7, 11) is 0. The number of benzene rings is 2. The summed E-state index contributed by atoms with van der Waals surface area (Å²) < 4.78 is 19.3. The van der Waals surface area contributed by atoms with E-state index in [0.717, 1.165) is 5.69 Å². The number of carbonyl (C=O) groups is 1. The quantitative estimate of drug-likeness (QED) is 0.819. The SMILES string of the molecule is Cc1ccc(NC(=S)N2CC(C(N)=O)Oc3ccccc32)cc1F. The van der Waals surface area contributed by atoms with Gasteiger partial charge < -0.3 is 20.7 Å². The number of fused-ring (bicyclic) bond motifs is 1. The molecule has 2 aromatic rings. The first-order valence-corrected chi connectivity index (χ1v) is 7.76. The number of hydrogen-bond acceptors (Lipinski definition) is 3. The highest BCUT2D eigenvalue weighted by Crippen LogP contribution is 2.33. The van der Waals surface area contributed by atoms with Gasteiger partial charge in [0.05, 0.1) is 12.2 Å². The first kappa shape index (κ1) is 16.2. The first-order chi connectivity index (χ1) is 11.5. The molecule has 0 bridgehead atoms. The molecule has 1 amide bonds. The van der Waals surface area contributed by atoms with Crippen molar-refractivity contribution in [3.05, 3.63) is 53.8 Å². The van der Waals surface area contributed by atoms with Crippen LogP contribution in [-0.2, 0) is 4.79 Å². The summed E-state index contributed by atoms with van der Waals surface area (Å²) in [4.78, 5) is 13.3. The molecule has 1 aliphatic heterocycles. The Bertz CT molecular complexity index is 812. The second kappa shape index (κ2) is 6.45. The van der Waals surface area contributed by atoms with Gasteiger partial charge in [-0.05, 0) is 49.0 Å². The predicted molar refractivity (Wildman–Crippen MR) is 94.8 cm³/mol. The van der Waals surface area contributed by atoms with E-state index in [0.29, 0.717) is 22.1 Å². The number of primary amides is 1. The molecule has 124 valence electrons. The number of nitrogens with zero attached hydrogens (tertiary/aromatic N) is 1. The van der Waals surface area contributed by atoms with Gasteiger partial charge in [-0.2, -0.15) is 0 Å². The minimum atomic E-state index is -0.811. The number of halogens is 1. The minimum absolute atomic E-state index is 0.187. The fraction of sp³-hybridized carbons (Fsp3) is 0.176. The second-order valence-corrected chi connectivity index (χ2v) is 5.87. The normalized spacial score (nSPS) is 16.1. The molecule has 24 heavy (non-hydrogen) atoms. The zero-order valence-corrected chi connectivity index (χ0v) is 13.8. The van der Waals surface area contributed by atoms with Gasteiger partial charge in [0.2, 0.25) is 0 Å². The molecule has 0 aromatic heterocycles. The molecular formula is C17H16FN3O2S. The molecule has 2 aromatic carbocycles. The zero-order chi connectivity index (χ0) is 17.3. The summed E-state index contributed by atoms with van der Waals surface area (Å²) >= 11 is 5.43. The topological polar surface area (TPSA) is 67.6 Å². The standard InChI is InChI=1S/C17H16FN3O2S/c1-10-6-7-11(8-12(10)18)20-17(24)21-9-15(16(19)22)23-14-5-3-2-4-13(14)21/h2-8,15H,9H2,1H3,(H2,19,22)(H,20,24). The Hall–Kier alpha value is -2.67. The number of carbonyl (C=O) groups excluding carboxylic acids is 1. The number of rotatable bonds is 2. The number of nitrogens with one attached hydrogen (secondary N) is 1. The summed E-state index contributed by atoms with van der Waals surface area (Å²) in [6, 6.07) is 12.0. The van der Waals surface area contributed by atoms with E-state index < -0.39 is 12.0 Å². The molecule has 0 saturated heterocycles. The van der Waals surface area contributed by atoms with E-state index in [-0.39, 0.29) is 12.4 Å². The van der Waals surface area contributed by atoms with Crippen LogP contribution in [0.15, 0.2) is 42.5 Å². The fourth-order valence-corrected chi connectivity index (χ4v) is 2.73. The van der Waals surface area contributed by atoms with Crippen molar-refractivity contribution >= 4 is 34.6 Å². The first-order valence-electron chi connectivity index (χ1n) is 7.35. The molecule has 0 radical (unpaired) electrons. The molecule has 0 fully saturated rings. The van der Waals surface area contributed by atoms with Crippen LogP contribution >= 0.6 is 12.2 Å². The Labute approximate surface area is 144 Å². The van der Waals surface area contributed by atoms with E-state index in [1.807, 2.05) is 12.1 Å². The van der Waals surface area contributed by atoms with E-state index in [1.54, 1.807) is 36.1 Å². The van der Waals surface area contributed by atoms with Crippen LogP contribution in [0.4, 0.5) is 15.8 Å². The number of hydrogen-bond donors (Lipinski definition) is 2. The van der Waals surface area contributed by atoms with E-state index >= 15 is 0 Å². The maximum absolute atomic E-state index is 13.7. The van der Waals surface area contributed by atoms with Crippen LogP contribution in [0.3, 0.4) is 0 Å². The van der Waals surface area contributed by atoms with Crippen LogP contribution in [0.2, 0.25) is 0 Å². The van der Waals surface area contributed by atoms with Crippen molar-refractivity contribution in [2.45, 2.75) is 13.0 Å². The van der Waals surface area contributed by atoms with Crippen molar-refractivity contribution in [1.82, 2.24) is 0 Å². The lowest BCUT2D eigenvalue weighted by atomic mass is 10.2. The number of ether oxygens (including phenoxy) is 1. The lowest BCUT2D eigenvalue weighted by molar-refractivity contribution is -0.124. The van der Waals surface area contributed by atoms with Crippen LogP contribution in [0.25, 0.3) is 0 Å². The highest BCUT2D eigenvalue weighted by Gasteiger charge is 2.31. The molecule has 5 nitrogen and oxygen atoms in total. The Kier molecular flexibility index (Phi) is 4.35. The van der Waals surface area contributed by atoms with Gasteiger partial charge in [-0.15, -0.1) is 0 Å². The number of nitrogens with two attached hydrogens (primary N) is 1. The summed E-state index contributed by atoms with van der Waals surface area (Å²) in [5, 5.41) is 3.32. The molecule has 1 heterocycles. The summed E-state index contributed by atoms with van der Waals surface area (Å²) in [5.41, 5.74) is 7.18. The van der Waals surface area contributed by atoms with Gasteiger partial charge >= 0.3 is 0 Å². The third-order valence-electron chi connectivity index (χ3n) is 3.76. The molecule has 3 N–H and O–H groups in total. The Morgan fingerprint density at radius 2 is 2.12 bits per heavy atom. The smallest absolute Gasteiger partial charge is 0.260 e. The van der Waals surface area contributed by atoms with Crippen LogP contribution in [-0.4, -0.2) is 23.7 Å². The van der Waals surface area contributed by atoms with E-state index in [1.165, 1.54) is 6.07 Å². The van der Waals surface area contributed by atoms with Gasteiger partial charge in [0.25, 0.3) is 5.91 Å². The number of aryl methyl sites for hydroxylation is 1. The lowest BCUT2D eigenvalue weighted by Gasteiger charge is -2.35. The molecular weight excluding hydrogens is 329 g/mol. The Morgan fingerprint density at radius 3 is 2.83 bits per heavy atom. The van der Waals surface area contributed by atoms with Crippen molar-refractivity contribution in [1.29, 1.82) is 0 Å². The van der Waals surface area contributed by atoms with Crippen molar-refractivity contribution in [3.63, 3.8) is 0 Å². The highest BCUT2D eigenvalue weighted by atomic mass is 32.1. The van der Waals surface area contributed by atoms with Crippen molar-refractivity contribution < 1.29 is 13.9 Å². The molecule has 7 heteroatoms. The Balaban J connectivity index is 1.87. The van der Waals surface area contributed by atoms with Crippen LogP contribution in [0.5, 0.6) is 5.75 Å². The summed E-state index contributed by atoms with van der Waals surface area (Å²) in [6.45, 7) is 1.87. The molecule has 1 atom stereocenters. The molecule has 0 saturated carbocycles. The molecule has 0 spiro atoms.